The average Bonchev–Trinajstić information content (AvgIpc) is 3.02. The van der Waals surface area contributed by atoms with E-state index in [1.807, 2.05) is 0 Å². The largest absolute Gasteiger partial charge is 0.459 e. The lowest BCUT2D eigenvalue weighted by Gasteiger charge is -2.20. The Morgan fingerprint density at radius 1 is 0.900 bits per heavy atom. The Labute approximate surface area is 182 Å². The second-order valence-corrected chi connectivity index (χ2v) is 7.47. The molecule has 1 fully saturated rings. The van der Waals surface area contributed by atoms with Crippen LogP contribution in [0.5, 0.6) is 0 Å². The van der Waals surface area contributed by atoms with Crippen LogP contribution in [0.25, 0.3) is 0 Å². The molecule has 1 heterocycles. The third kappa shape index (κ3) is 5.49. The summed E-state index contributed by atoms with van der Waals surface area (Å²) in [4.78, 5) is 24.6. The zero-order chi connectivity index (χ0) is 21.7. The van der Waals surface area contributed by atoms with Crippen molar-refractivity contribution in [1.82, 2.24) is 0 Å². The summed E-state index contributed by atoms with van der Waals surface area (Å²) in [5.74, 6) is -1.38. The van der Waals surface area contributed by atoms with Crippen molar-refractivity contribution in [3.8, 4) is 0 Å². The van der Waals surface area contributed by atoms with Gasteiger partial charge in [-0.1, -0.05) is 23.2 Å². The van der Waals surface area contributed by atoms with Crippen molar-refractivity contribution in [2.75, 3.05) is 20.3 Å². The van der Waals surface area contributed by atoms with Crippen LogP contribution >= 0.6 is 23.2 Å². The minimum absolute atomic E-state index is 0.0439. The van der Waals surface area contributed by atoms with Gasteiger partial charge in [0.1, 0.15) is 18.8 Å². The molecule has 0 amide bonds. The lowest BCUT2D eigenvalue weighted by atomic mass is 10.1. The molecule has 0 aromatic heterocycles. The molecule has 1 unspecified atom stereocenters. The molecule has 0 aliphatic carbocycles. The maximum absolute atomic E-state index is 14.9. The van der Waals surface area contributed by atoms with Crippen LogP contribution in [0.15, 0.2) is 48.5 Å². The molecular weight excluding hydrogens is 438 g/mol. The molecule has 1 aliphatic heterocycles. The summed E-state index contributed by atoms with van der Waals surface area (Å²) in [6, 6.07) is 12.1. The first kappa shape index (κ1) is 22.5. The lowest BCUT2D eigenvalue weighted by molar-refractivity contribution is -0.0543. The smallest absolute Gasteiger partial charge is 0.338 e. The molecule has 0 bridgehead atoms. The second-order valence-electron chi connectivity index (χ2n) is 6.59. The van der Waals surface area contributed by atoms with Crippen LogP contribution in [-0.2, 0) is 18.9 Å². The number of alkyl halides is 1. The highest BCUT2D eigenvalue weighted by Gasteiger charge is 2.48. The summed E-state index contributed by atoms with van der Waals surface area (Å²) in [6.45, 7) is -0.349. The number of rotatable bonds is 7. The molecule has 0 spiro atoms. The van der Waals surface area contributed by atoms with E-state index >= 15 is 0 Å². The molecule has 3 rings (SSSR count). The third-order valence-corrected chi connectivity index (χ3v) is 5.00. The van der Waals surface area contributed by atoms with Gasteiger partial charge in [-0.05, 0) is 48.5 Å². The molecule has 2 aromatic carbocycles. The molecule has 1 saturated heterocycles. The molecule has 0 saturated carbocycles. The van der Waals surface area contributed by atoms with E-state index < -0.39 is 36.4 Å². The topological polar surface area (TPSA) is 71.1 Å². The lowest BCUT2D eigenvalue weighted by Crippen LogP contribution is -2.37. The SMILES string of the molecule is COCC1O[C@H](COC(=O)c2ccc(Cl)cc2)[C@@H](OC(=O)c2ccc(Cl)cc2)[C@@H]1F. The maximum atomic E-state index is 14.9. The fourth-order valence-corrected chi connectivity index (χ4v) is 3.22. The van der Waals surface area contributed by atoms with E-state index in [9.17, 15) is 14.0 Å². The van der Waals surface area contributed by atoms with E-state index in [1.165, 1.54) is 43.5 Å². The van der Waals surface area contributed by atoms with Crippen LogP contribution in [-0.4, -0.2) is 56.7 Å². The van der Waals surface area contributed by atoms with Crippen molar-refractivity contribution < 1.29 is 32.9 Å². The van der Waals surface area contributed by atoms with Crippen molar-refractivity contribution >= 4 is 35.1 Å². The zero-order valence-corrected chi connectivity index (χ0v) is 17.4. The minimum atomic E-state index is -1.65. The molecule has 1 aliphatic rings. The van der Waals surface area contributed by atoms with Gasteiger partial charge in [0.25, 0.3) is 0 Å². The van der Waals surface area contributed by atoms with Crippen molar-refractivity contribution in [2.45, 2.75) is 24.5 Å². The summed E-state index contributed by atoms with van der Waals surface area (Å²) in [5, 5.41) is 0.925. The zero-order valence-electron chi connectivity index (χ0n) is 15.9. The molecule has 160 valence electrons. The van der Waals surface area contributed by atoms with Crippen LogP contribution in [0.4, 0.5) is 4.39 Å². The Kier molecular flexibility index (Phi) is 7.66. The van der Waals surface area contributed by atoms with Crippen LogP contribution in [0.3, 0.4) is 0 Å². The van der Waals surface area contributed by atoms with Crippen LogP contribution in [0.2, 0.25) is 10.0 Å². The number of carbonyl (C=O) groups excluding carboxylic acids is 2. The summed E-state index contributed by atoms with van der Waals surface area (Å²) in [6.07, 6.45) is -4.88. The maximum Gasteiger partial charge on any atom is 0.338 e. The summed E-state index contributed by atoms with van der Waals surface area (Å²) < 4.78 is 36.0. The number of carbonyl (C=O) groups is 2. The van der Waals surface area contributed by atoms with Gasteiger partial charge >= 0.3 is 11.9 Å². The van der Waals surface area contributed by atoms with Gasteiger partial charge in [0.2, 0.25) is 0 Å². The van der Waals surface area contributed by atoms with E-state index in [2.05, 4.69) is 0 Å². The highest BCUT2D eigenvalue weighted by molar-refractivity contribution is 6.30. The fraction of sp³-hybridized carbons (Fsp3) is 0.333. The summed E-state index contributed by atoms with van der Waals surface area (Å²) in [5.41, 5.74) is 0.482. The quantitative estimate of drug-likeness (QED) is 0.583. The number of benzene rings is 2. The molecule has 9 heteroatoms. The predicted molar refractivity (Wildman–Crippen MR) is 108 cm³/mol. The van der Waals surface area contributed by atoms with Crippen LogP contribution in [0, 0.1) is 0 Å². The van der Waals surface area contributed by atoms with Gasteiger partial charge in [-0.3, -0.25) is 0 Å². The Morgan fingerprint density at radius 2 is 1.43 bits per heavy atom. The highest BCUT2D eigenvalue weighted by Crippen LogP contribution is 2.28. The van der Waals surface area contributed by atoms with Gasteiger partial charge < -0.3 is 18.9 Å². The van der Waals surface area contributed by atoms with Gasteiger partial charge in [-0.15, -0.1) is 0 Å². The molecule has 2 aromatic rings. The molecule has 0 N–H and O–H groups in total. The third-order valence-electron chi connectivity index (χ3n) is 4.50. The Hall–Kier alpha value is -2.19. The van der Waals surface area contributed by atoms with Gasteiger partial charge in [0.15, 0.2) is 12.3 Å². The fourth-order valence-electron chi connectivity index (χ4n) is 2.97. The first-order valence-corrected chi connectivity index (χ1v) is 9.82. The predicted octanol–water partition coefficient (Wildman–Crippen LogP) is 4.13. The second kappa shape index (κ2) is 10.2. The Bertz CT molecular complexity index is 874. The van der Waals surface area contributed by atoms with E-state index in [1.54, 1.807) is 12.1 Å². The van der Waals surface area contributed by atoms with Crippen molar-refractivity contribution in [1.29, 1.82) is 0 Å². The number of halogens is 3. The Balaban J connectivity index is 1.68. The van der Waals surface area contributed by atoms with E-state index in [-0.39, 0.29) is 24.3 Å². The first-order valence-electron chi connectivity index (χ1n) is 9.06. The van der Waals surface area contributed by atoms with Gasteiger partial charge in [0.05, 0.1) is 17.7 Å². The molecule has 0 radical (unpaired) electrons. The number of methoxy groups -OCH3 is 1. The molecule has 6 nitrogen and oxygen atoms in total. The van der Waals surface area contributed by atoms with E-state index in [0.717, 1.165) is 0 Å². The van der Waals surface area contributed by atoms with Crippen LogP contribution in [0.1, 0.15) is 20.7 Å². The minimum Gasteiger partial charge on any atom is -0.459 e. The first-order chi connectivity index (χ1) is 14.4. The highest BCUT2D eigenvalue weighted by atomic mass is 35.5. The number of ether oxygens (including phenoxy) is 4. The van der Waals surface area contributed by atoms with Crippen molar-refractivity contribution in [3.05, 3.63) is 69.7 Å². The van der Waals surface area contributed by atoms with Gasteiger partial charge in [0, 0.05) is 17.2 Å². The van der Waals surface area contributed by atoms with Gasteiger partial charge in [-0.2, -0.15) is 0 Å². The number of hydrogen-bond donors (Lipinski definition) is 0. The average molecular weight is 457 g/mol. The monoisotopic (exact) mass is 456 g/mol. The summed E-state index contributed by atoms with van der Waals surface area (Å²) in [7, 11) is 1.40. The van der Waals surface area contributed by atoms with Crippen molar-refractivity contribution in [2.24, 2.45) is 0 Å². The normalized spacial score (nSPS) is 23.2. The Morgan fingerprint density at radius 3 is 1.97 bits per heavy atom. The summed E-state index contributed by atoms with van der Waals surface area (Å²) >= 11 is 11.6. The van der Waals surface area contributed by atoms with Crippen LogP contribution < -0.4 is 0 Å². The number of esters is 2. The molecule has 4 atom stereocenters. The molecule has 30 heavy (non-hydrogen) atoms. The molecular formula is C21H19Cl2FO6. The standard InChI is InChI=1S/C21H19Cl2FO6/c1-27-10-16-18(24)19(30-21(26)13-4-8-15(23)9-5-13)17(29-16)11-28-20(25)12-2-6-14(22)7-3-12/h2-9,16-19H,10-11H2,1H3/t16?,17-,18-,19-/m1/s1. The van der Waals surface area contributed by atoms with Crippen molar-refractivity contribution in [3.63, 3.8) is 0 Å². The van der Waals surface area contributed by atoms with E-state index in [0.29, 0.717) is 10.0 Å². The number of hydrogen-bond acceptors (Lipinski definition) is 6. The van der Waals surface area contributed by atoms with Gasteiger partial charge in [-0.25, -0.2) is 14.0 Å². The van der Waals surface area contributed by atoms with E-state index in [4.69, 9.17) is 42.1 Å².